The van der Waals surface area contributed by atoms with Gasteiger partial charge in [0.1, 0.15) is 6.54 Å². The number of aliphatic hydroxyl groups excluding tert-OH is 1. The predicted octanol–water partition coefficient (Wildman–Crippen LogP) is 2.40. The van der Waals surface area contributed by atoms with Gasteiger partial charge in [0, 0.05) is 49.0 Å². The molecule has 3 aromatic heterocycles. The number of carbonyl (C=O) groups excluding carboxylic acids is 2. The number of halogens is 3. The van der Waals surface area contributed by atoms with E-state index in [1.807, 2.05) is 6.92 Å². The number of aromatic nitrogens is 5. The molecular formula is C29H31F3N10O3. The number of fused-ring (bicyclic) bond motifs is 1. The molecule has 1 saturated heterocycles. The SMILES string of the molecule is CCc1cc(Nc2nccn3c(-c4cn(CC#N)nc4C(F)(F)F)cnc23)ccc1C(=O)N[C@H](C)CNC(=O)[C@@H]1C[C@@H](O)CN1. The normalized spacial score (nSPS) is 17.2. The maximum atomic E-state index is 13.8. The Morgan fingerprint density at radius 1 is 1.29 bits per heavy atom. The molecule has 1 aromatic carbocycles. The third-order valence-electron chi connectivity index (χ3n) is 7.34. The van der Waals surface area contributed by atoms with Crippen LogP contribution >= 0.6 is 0 Å². The zero-order valence-electron chi connectivity index (χ0n) is 24.4. The topological polar surface area (TPSA) is 174 Å². The van der Waals surface area contributed by atoms with Gasteiger partial charge in [0.15, 0.2) is 17.2 Å². The monoisotopic (exact) mass is 624 g/mol. The number of imidazole rings is 1. The van der Waals surface area contributed by atoms with Gasteiger partial charge in [-0.2, -0.15) is 23.5 Å². The number of carbonyl (C=O) groups is 2. The molecular weight excluding hydrogens is 593 g/mol. The molecule has 2 amide bonds. The van der Waals surface area contributed by atoms with Crippen LogP contribution < -0.4 is 21.3 Å². The highest BCUT2D eigenvalue weighted by molar-refractivity contribution is 5.96. The second kappa shape index (κ2) is 12.9. The van der Waals surface area contributed by atoms with Crippen LogP contribution in [0.1, 0.15) is 41.9 Å². The zero-order chi connectivity index (χ0) is 32.3. The number of aliphatic hydroxyl groups is 1. The van der Waals surface area contributed by atoms with E-state index in [1.165, 1.54) is 23.0 Å². The maximum Gasteiger partial charge on any atom is 0.435 e. The van der Waals surface area contributed by atoms with Gasteiger partial charge in [-0.25, -0.2) is 9.97 Å². The van der Waals surface area contributed by atoms with Crippen molar-refractivity contribution in [2.24, 2.45) is 0 Å². The van der Waals surface area contributed by atoms with Crippen molar-refractivity contribution in [3.8, 4) is 17.3 Å². The summed E-state index contributed by atoms with van der Waals surface area (Å²) in [7, 11) is 0. The number of hydrogen-bond donors (Lipinski definition) is 5. The average molecular weight is 625 g/mol. The minimum Gasteiger partial charge on any atom is -0.392 e. The van der Waals surface area contributed by atoms with E-state index in [2.05, 4.69) is 36.3 Å². The average Bonchev–Trinajstić information content (AvgIpc) is 3.74. The first-order valence-corrected chi connectivity index (χ1v) is 14.2. The molecule has 236 valence electrons. The summed E-state index contributed by atoms with van der Waals surface area (Å²) in [6.07, 6.45) is 0.905. The van der Waals surface area contributed by atoms with E-state index in [4.69, 9.17) is 5.26 Å². The Kier molecular flexibility index (Phi) is 9.02. The van der Waals surface area contributed by atoms with Gasteiger partial charge in [-0.1, -0.05) is 6.92 Å². The zero-order valence-corrected chi connectivity index (χ0v) is 24.4. The van der Waals surface area contributed by atoms with Crippen molar-refractivity contribution in [1.29, 1.82) is 5.26 Å². The number of alkyl halides is 3. The molecule has 0 unspecified atom stereocenters. The summed E-state index contributed by atoms with van der Waals surface area (Å²) in [5.41, 5.74) is 0.780. The van der Waals surface area contributed by atoms with E-state index in [-0.39, 0.29) is 53.7 Å². The first-order chi connectivity index (χ1) is 21.5. The number of rotatable bonds is 10. The van der Waals surface area contributed by atoms with Gasteiger partial charge < -0.3 is 26.4 Å². The van der Waals surface area contributed by atoms with Crippen LogP contribution in [0.5, 0.6) is 0 Å². The molecule has 13 nitrogen and oxygen atoms in total. The number of hydrogen-bond acceptors (Lipinski definition) is 9. The van der Waals surface area contributed by atoms with Crippen molar-refractivity contribution in [1.82, 2.24) is 40.1 Å². The second-order valence-electron chi connectivity index (χ2n) is 10.7. The maximum absolute atomic E-state index is 13.8. The number of β-amino-alcohol motifs (C(OH)–C–C–N with tert-alkyl or cyclic N) is 1. The third-order valence-corrected chi connectivity index (χ3v) is 7.34. The van der Waals surface area contributed by atoms with Gasteiger partial charge >= 0.3 is 6.18 Å². The number of nitriles is 1. The Balaban J connectivity index is 1.31. The van der Waals surface area contributed by atoms with Gasteiger partial charge in [0.05, 0.1) is 35.7 Å². The molecule has 45 heavy (non-hydrogen) atoms. The fourth-order valence-corrected chi connectivity index (χ4v) is 5.15. The molecule has 4 aromatic rings. The number of nitrogens with one attached hydrogen (secondary N) is 4. The van der Waals surface area contributed by atoms with Gasteiger partial charge in [0.25, 0.3) is 5.91 Å². The molecule has 5 rings (SSSR count). The van der Waals surface area contributed by atoms with Gasteiger partial charge in [-0.05, 0) is 43.5 Å². The van der Waals surface area contributed by atoms with E-state index in [0.717, 1.165) is 16.4 Å². The Morgan fingerprint density at radius 3 is 2.78 bits per heavy atom. The summed E-state index contributed by atoms with van der Waals surface area (Å²) in [5.74, 6) is -0.278. The molecule has 5 N–H and O–H groups in total. The van der Waals surface area contributed by atoms with E-state index in [1.54, 1.807) is 31.2 Å². The van der Waals surface area contributed by atoms with Crippen LogP contribution in [0, 0.1) is 11.3 Å². The van der Waals surface area contributed by atoms with Crippen molar-refractivity contribution in [2.75, 3.05) is 18.4 Å². The highest BCUT2D eigenvalue weighted by Crippen LogP contribution is 2.37. The van der Waals surface area contributed by atoms with E-state index in [9.17, 15) is 27.9 Å². The molecule has 0 aliphatic carbocycles. The molecule has 16 heteroatoms. The molecule has 1 aliphatic rings. The summed E-state index contributed by atoms with van der Waals surface area (Å²) in [4.78, 5) is 34.0. The molecule has 4 heterocycles. The van der Waals surface area contributed by atoms with Crippen LogP contribution in [0.25, 0.3) is 16.9 Å². The van der Waals surface area contributed by atoms with Crippen molar-refractivity contribution in [2.45, 2.75) is 57.6 Å². The second-order valence-corrected chi connectivity index (χ2v) is 10.7. The summed E-state index contributed by atoms with van der Waals surface area (Å²) in [6.45, 7) is 3.90. The molecule has 1 fully saturated rings. The fraction of sp³-hybridized carbons (Fsp3) is 0.379. The van der Waals surface area contributed by atoms with Crippen molar-refractivity contribution < 1.29 is 27.9 Å². The van der Waals surface area contributed by atoms with E-state index in [0.29, 0.717) is 30.6 Å². The number of anilines is 2. The first-order valence-electron chi connectivity index (χ1n) is 14.2. The van der Waals surface area contributed by atoms with Crippen LogP contribution in [0.4, 0.5) is 24.7 Å². The van der Waals surface area contributed by atoms with Crippen molar-refractivity contribution in [3.05, 3.63) is 59.8 Å². The quantitative estimate of drug-likeness (QED) is 0.178. The standard InChI is InChI=1S/C29H31F3N10O3/c1-3-17-10-18(4-5-20(17)27(44)38-16(2)12-37-28(45)22-11-19(43)13-35-22)39-25-26-36-14-23(42(26)9-7-34-25)21-15-41(8-6-33)40-24(21)29(30,31)32/h4-5,7,9-10,14-16,19,22,35,43H,3,8,11-13H2,1-2H3,(H,34,39)(H,37,45)(H,38,44)/t16-,19-,22+/m1/s1. The predicted molar refractivity (Wildman–Crippen MR) is 156 cm³/mol. The minimum absolute atomic E-state index is 0.121. The number of nitrogens with zero attached hydrogens (tertiary/aromatic N) is 6. The van der Waals surface area contributed by atoms with Crippen LogP contribution in [-0.4, -0.2) is 72.3 Å². The van der Waals surface area contributed by atoms with Gasteiger partial charge in [-0.15, -0.1) is 0 Å². The van der Waals surface area contributed by atoms with E-state index >= 15 is 0 Å². The minimum atomic E-state index is -4.75. The van der Waals surface area contributed by atoms with Crippen LogP contribution in [-0.2, 0) is 23.9 Å². The summed E-state index contributed by atoms with van der Waals surface area (Å²) >= 11 is 0. The lowest BCUT2D eigenvalue weighted by molar-refractivity contribution is -0.141. The molecule has 3 atom stereocenters. The summed E-state index contributed by atoms with van der Waals surface area (Å²) in [6, 6.07) is 6.07. The lowest BCUT2D eigenvalue weighted by Crippen LogP contribution is -2.46. The Labute approximate surface area is 255 Å². The largest absolute Gasteiger partial charge is 0.435 e. The highest BCUT2D eigenvalue weighted by atomic mass is 19.4. The lowest BCUT2D eigenvalue weighted by atomic mass is 10.0. The Bertz CT molecular complexity index is 1760. The third kappa shape index (κ3) is 6.89. The number of benzene rings is 1. The lowest BCUT2D eigenvalue weighted by Gasteiger charge is -2.18. The van der Waals surface area contributed by atoms with Crippen LogP contribution in [0.2, 0.25) is 0 Å². The highest BCUT2D eigenvalue weighted by Gasteiger charge is 2.38. The molecule has 0 radical (unpaired) electrons. The first kappa shape index (κ1) is 31.4. The fourth-order valence-electron chi connectivity index (χ4n) is 5.15. The number of aryl methyl sites for hydroxylation is 1. The molecule has 0 bridgehead atoms. The number of amides is 2. The van der Waals surface area contributed by atoms with Crippen LogP contribution in [0.15, 0.2) is 43.0 Å². The summed E-state index contributed by atoms with van der Waals surface area (Å²) in [5, 5.41) is 33.9. The van der Waals surface area contributed by atoms with Gasteiger partial charge in [-0.3, -0.25) is 18.7 Å². The Morgan fingerprint density at radius 2 is 2.09 bits per heavy atom. The van der Waals surface area contributed by atoms with Crippen LogP contribution in [0.3, 0.4) is 0 Å². The van der Waals surface area contributed by atoms with Crippen molar-refractivity contribution >= 4 is 29.0 Å². The molecule has 1 aliphatic heterocycles. The summed E-state index contributed by atoms with van der Waals surface area (Å²) < 4.78 is 43.7. The van der Waals surface area contributed by atoms with E-state index < -0.39 is 24.0 Å². The molecule has 0 spiro atoms. The van der Waals surface area contributed by atoms with Crippen molar-refractivity contribution in [3.63, 3.8) is 0 Å². The Hall–Kier alpha value is -5.01. The smallest absolute Gasteiger partial charge is 0.392 e. The van der Waals surface area contributed by atoms with Gasteiger partial charge in [0.2, 0.25) is 5.91 Å². The molecule has 0 saturated carbocycles.